The number of hydrogen-bond acceptors (Lipinski definition) is 2. The lowest BCUT2D eigenvalue weighted by Gasteiger charge is -2.08. The highest BCUT2D eigenvalue weighted by Gasteiger charge is 2.09. The van der Waals surface area contributed by atoms with Gasteiger partial charge in [-0.2, -0.15) is 0 Å². The van der Waals surface area contributed by atoms with Gasteiger partial charge in [0, 0.05) is 0 Å². The lowest BCUT2D eigenvalue weighted by molar-refractivity contribution is 0.397. The summed E-state index contributed by atoms with van der Waals surface area (Å²) in [5.41, 5.74) is 0.653. The zero-order valence-corrected chi connectivity index (χ0v) is 8.17. The van der Waals surface area contributed by atoms with E-state index in [2.05, 4.69) is 0 Å². The minimum Gasteiger partial charge on any atom is -0.495 e. The maximum atomic E-state index is 13.3. The average Bonchev–Trinajstić information content (AvgIpc) is 2.09. The standard InChI is InChI=1S/C9H11FOS/c1-6-4-5-7(11-2)9(12-3)8(6)10/h4-5H,1-3H3. The second kappa shape index (κ2) is 3.81. The largest absolute Gasteiger partial charge is 0.495 e. The Bertz CT molecular complexity index is 286. The molecule has 12 heavy (non-hydrogen) atoms. The maximum Gasteiger partial charge on any atom is 0.143 e. The summed E-state index contributed by atoms with van der Waals surface area (Å²) in [7, 11) is 1.55. The Morgan fingerprint density at radius 3 is 2.58 bits per heavy atom. The van der Waals surface area contributed by atoms with Crippen LogP contribution >= 0.6 is 11.8 Å². The summed E-state index contributed by atoms with van der Waals surface area (Å²) in [5.74, 6) is 0.424. The summed E-state index contributed by atoms with van der Waals surface area (Å²) >= 11 is 1.36. The summed E-state index contributed by atoms with van der Waals surface area (Å²) in [6, 6.07) is 3.50. The summed E-state index contributed by atoms with van der Waals surface area (Å²) < 4.78 is 18.4. The monoisotopic (exact) mass is 186 g/mol. The van der Waals surface area contributed by atoms with Gasteiger partial charge in [-0.25, -0.2) is 4.39 Å². The van der Waals surface area contributed by atoms with Crippen LogP contribution in [0.1, 0.15) is 5.56 Å². The third-order valence-corrected chi connectivity index (χ3v) is 2.47. The van der Waals surface area contributed by atoms with Crippen molar-refractivity contribution in [3.8, 4) is 5.75 Å². The summed E-state index contributed by atoms with van der Waals surface area (Å²) in [6.07, 6.45) is 1.83. The normalized spacial score (nSPS) is 10.0. The van der Waals surface area contributed by atoms with Crippen molar-refractivity contribution in [2.75, 3.05) is 13.4 Å². The van der Waals surface area contributed by atoms with E-state index >= 15 is 0 Å². The van der Waals surface area contributed by atoms with Crippen molar-refractivity contribution < 1.29 is 9.13 Å². The fraction of sp³-hybridized carbons (Fsp3) is 0.333. The Morgan fingerprint density at radius 2 is 2.08 bits per heavy atom. The van der Waals surface area contributed by atoms with Crippen LogP contribution in [0.2, 0.25) is 0 Å². The molecule has 0 saturated carbocycles. The fourth-order valence-electron chi connectivity index (χ4n) is 0.988. The minimum atomic E-state index is -0.179. The van der Waals surface area contributed by atoms with Crippen LogP contribution < -0.4 is 4.74 Å². The Labute approximate surface area is 75.9 Å². The molecule has 3 heteroatoms. The van der Waals surface area contributed by atoms with Gasteiger partial charge in [-0.05, 0) is 24.8 Å². The van der Waals surface area contributed by atoms with E-state index in [9.17, 15) is 4.39 Å². The molecule has 1 aromatic carbocycles. The van der Waals surface area contributed by atoms with Gasteiger partial charge >= 0.3 is 0 Å². The van der Waals surface area contributed by atoms with Crippen molar-refractivity contribution in [3.05, 3.63) is 23.5 Å². The Kier molecular flexibility index (Phi) is 2.98. The van der Waals surface area contributed by atoms with E-state index in [1.54, 1.807) is 26.2 Å². The Morgan fingerprint density at radius 1 is 1.42 bits per heavy atom. The van der Waals surface area contributed by atoms with Gasteiger partial charge in [-0.3, -0.25) is 0 Å². The van der Waals surface area contributed by atoms with Gasteiger partial charge in [0.05, 0.1) is 12.0 Å². The van der Waals surface area contributed by atoms with Crippen LogP contribution in [0.4, 0.5) is 4.39 Å². The third-order valence-electron chi connectivity index (χ3n) is 1.68. The zero-order chi connectivity index (χ0) is 9.14. The first-order valence-electron chi connectivity index (χ1n) is 3.57. The molecule has 0 saturated heterocycles. The molecule has 66 valence electrons. The van der Waals surface area contributed by atoms with Gasteiger partial charge in [0.2, 0.25) is 0 Å². The second-order valence-corrected chi connectivity index (χ2v) is 3.25. The molecule has 0 aliphatic rings. The number of ether oxygens (including phenoxy) is 1. The lowest BCUT2D eigenvalue weighted by Crippen LogP contribution is -1.91. The Balaban J connectivity index is 3.25. The van der Waals surface area contributed by atoms with E-state index in [-0.39, 0.29) is 5.82 Å². The van der Waals surface area contributed by atoms with Crippen molar-refractivity contribution in [1.29, 1.82) is 0 Å². The highest BCUT2D eigenvalue weighted by molar-refractivity contribution is 7.98. The van der Waals surface area contributed by atoms with Crippen LogP contribution in [0.15, 0.2) is 17.0 Å². The molecular formula is C9H11FOS. The highest BCUT2D eigenvalue weighted by Crippen LogP contribution is 2.31. The van der Waals surface area contributed by atoms with Crippen molar-refractivity contribution in [2.24, 2.45) is 0 Å². The van der Waals surface area contributed by atoms with Crippen LogP contribution in [0.25, 0.3) is 0 Å². The van der Waals surface area contributed by atoms with Gasteiger partial charge < -0.3 is 4.74 Å². The number of rotatable bonds is 2. The van der Waals surface area contributed by atoms with Crippen LogP contribution in [0.3, 0.4) is 0 Å². The average molecular weight is 186 g/mol. The molecule has 0 amide bonds. The van der Waals surface area contributed by atoms with Crippen molar-refractivity contribution in [1.82, 2.24) is 0 Å². The summed E-state index contributed by atoms with van der Waals surface area (Å²) in [4.78, 5) is 0.581. The predicted octanol–water partition coefficient (Wildman–Crippen LogP) is 2.86. The van der Waals surface area contributed by atoms with E-state index in [4.69, 9.17) is 4.74 Å². The van der Waals surface area contributed by atoms with Crippen LogP contribution in [-0.4, -0.2) is 13.4 Å². The first kappa shape index (κ1) is 9.39. The lowest BCUT2D eigenvalue weighted by atomic mass is 10.2. The molecule has 1 nitrogen and oxygen atoms in total. The molecule has 0 atom stereocenters. The molecule has 0 aliphatic carbocycles. The number of hydrogen-bond donors (Lipinski definition) is 0. The number of thioether (sulfide) groups is 1. The Hall–Kier alpha value is -0.700. The van der Waals surface area contributed by atoms with E-state index in [1.807, 2.05) is 6.26 Å². The summed E-state index contributed by atoms with van der Waals surface area (Å²) in [6.45, 7) is 1.74. The molecule has 0 aromatic heterocycles. The molecule has 0 unspecified atom stereocenters. The molecular weight excluding hydrogens is 175 g/mol. The molecule has 0 bridgehead atoms. The number of halogens is 1. The topological polar surface area (TPSA) is 9.23 Å². The van der Waals surface area contributed by atoms with Crippen molar-refractivity contribution in [3.63, 3.8) is 0 Å². The van der Waals surface area contributed by atoms with Gasteiger partial charge in [-0.1, -0.05) is 6.07 Å². The van der Waals surface area contributed by atoms with Crippen LogP contribution in [-0.2, 0) is 0 Å². The van der Waals surface area contributed by atoms with Crippen LogP contribution in [0, 0.1) is 12.7 Å². The van der Waals surface area contributed by atoms with E-state index in [0.717, 1.165) is 0 Å². The maximum absolute atomic E-state index is 13.3. The van der Waals surface area contributed by atoms with E-state index in [0.29, 0.717) is 16.2 Å². The predicted molar refractivity (Wildman–Crippen MR) is 49.5 cm³/mol. The molecule has 0 fully saturated rings. The SMILES string of the molecule is COc1ccc(C)c(F)c1SC. The molecule has 0 N–H and O–H groups in total. The van der Waals surface area contributed by atoms with Crippen molar-refractivity contribution >= 4 is 11.8 Å². The first-order chi connectivity index (χ1) is 5.70. The smallest absolute Gasteiger partial charge is 0.143 e. The minimum absolute atomic E-state index is 0.179. The summed E-state index contributed by atoms with van der Waals surface area (Å²) in [5, 5.41) is 0. The van der Waals surface area contributed by atoms with Gasteiger partial charge in [0.1, 0.15) is 11.6 Å². The van der Waals surface area contributed by atoms with E-state index in [1.165, 1.54) is 11.8 Å². The highest BCUT2D eigenvalue weighted by atomic mass is 32.2. The molecule has 0 aliphatic heterocycles. The third kappa shape index (κ3) is 1.55. The van der Waals surface area contributed by atoms with Crippen molar-refractivity contribution in [2.45, 2.75) is 11.8 Å². The molecule has 1 rings (SSSR count). The molecule has 1 aromatic rings. The number of methoxy groups -OCH3 is 1. The van der Waals surface area contributed by atoms with Gasteiger partial charge in [0.25, 0.3) is 0 Å². The van der Waals surface area contributed by atoms with Gasteiger partial charge in [-0.15, -0.1) is 11.8 Å². The quantitative estimate of drug-likeness (QED) is 0.657. The first-order valence-corrected chi connectivity index (χ1v) is 4.80. The fourth-order valence-corrected chi connectivity index (χ4v) is 1.68. The number of aryl methyl sites for hydroxylation is 1. The molecule has 0 radical (unpaired) electrons. The second-order valence-electron chi connectivity index (χ2n) is 2.43. The zero-order valence-electron chi connectivity index (χ0n) is 7.35. The van der Waals surface area contributed by atoms with E-state index < -0.39 is 0 Å². The van der Waals surface area contributed by atoms with Gasteiger partial charge in [0.15, 0.2) is 0 Å². The van der Waals surface area contributed by atoms with Crippen LogP contribution in [0.5, 0.6) is 5.75 Å². The number of benzene rings is 1. The molecule has 0 heterocycles. The molecule has 0 spiro atoms.